The number of amides is 1. The van der Waals surface area contributed by atoms with Gasteiger partial charge in [0, 0.05) is 12.2 Å². The molecule has 0 aromatic heterocycles. The van der Waals surface area contributed by atoms with E-state index in [0.29, 0.717) is 31.7 Å². The lowest BCUT2D eigenvalue weighted by atomic mass is 9.93. The highest BCUT2D eigenvalue weighted by Gasteiger charge is 2.31. The van der Waals surface area contributed by atoms with Gasteiger partial charge in [-0.3, -0.25) is 4.79 Å². The first kappa shape index (κ1) is 16.1. The van der Waals surface area contributed by atoms with Crippen LogP contribution in [0.5, 0.6) is 0 Å². The molecule has 1 atom stereocenters. The van der Waals surface area contributed by atoms with Crippen molar-refractivity contribution in [2.45, 2.75) is 25.0 Å². The molecule has 2 aromatic rings. The summed E-state index contributed by atoms with van der Waals surface area (Å²) < 4.78 is 5.21. The van der Waals surface area contributed by atoms with E-state index in [9.17, 15) is 9.90 Å². The lowest BCUT2D eigenvalue weighted by Gasteiger charge is -2.37. The van der Waals surface area contributed by atoms with E-state index < -0.39 is 0 Å². The number of hydrogen-bond acceptors (Lipinski definition) is 4. The molecule has 2 heterocycles. The molecule has 0 bridgehead atoms. The van der Waals surface area contributed by atoms with Gasteiger partial charge in [-0.2, -0.15) is 0 Å². The number of nitrogens with one attached hydrogen (secondary N) is 1. The highest BCUT2D eigenvalue weighted by molar-refractivity contribution is 6.00. The Hall–Kier alpha value is -2.37. The maximum absolute atomic E-state index is 13.2. The lowest BCUT2D eigenvalue weighted by Crippen LogP contribution is -2.46. The third-order valence-electron chi connectivity index (χ3n) is 4.98. The van der Waals surface area contributed by atoms with Crippen LogP contribution < -0.4 is 5.32 Å². The molecule has 5 heteroatoms. The number of fused-ring (bicyclic) bond motifs is 1. The van der Waals surface area contributed by atoms with Gasteiger partial charge in [0.2, 0.25) is 0 Å². The number of carbonyl (C=O) groups excluding carboxylic acids is 1. The van der Waals surface area contributed by atoms with Gasteiger partial charge in [0.15, 0.2) is 0 Å². The van der Waals surface area contributed by atoms with E-state index in [4.69, 9.17) is 4.74 Å². The zero-order chi connectivity index (χ0) is 17.2. The second-order valence-electron chi connectivity index (χ2n) is 6.67. The average molecular weight is 338 g/mol. The summed E-state index contributed by atoms with van der Waals surface area (Å²) in [6, 6.07) is 15.8. The summed E-state index contributed by atoms with van der Waals surface area (Å²) in [6.45, 7) is 1.82. The van der Waals surface area contributed by atoms with Gasteiger partial charge < -0.3 is 20.1 Å². The summed E-state index contributed by atoms with van der Waals surface area (Å²) in [5, 5.41) is 13.2. The van der Waals surface area contributed by atoms with Crippen LogP contribution in [-0.2, 0) is 17.7 Å². The van der Waals surface area contributed by atoms with Crippen molar-refractivity contribution in [3.63, 3.8) is 0 Å². The van der Waals surface area contributed by atoms with Crippen LogP contribution >= 0.6 is 0 Å². The van der Waals surface area contributed by atoms with Crippen molar-refractivity contribution in [2.75, 3.05) is 25.1 Å². The van der Waals surface area contributed by atoms with Crippen LogP contribution in [-0.4, -0.2) is 47.8 Å². The Morgan fingerprint density at radius 2 is 1.84 bits per heavy atom. The number of benzene rings is 2. The van der Waals surface area contributed by atoms with Gasteiger partial charge in [-0.1, -0.05) is 36.4 Å². The topological polar surface area (TPSA) is 61.8 Å². The van der Waals surface area contributed by atoms with E-state index in [-0.39, 0.29) is 24.6 Å². The van der Waals surface area contributed by atoms with Crippen LogP contribution in [0.25, 0.3) is 0 Å². The Morgan fingerprint density at radius 1 is 1.12 bits per heavy atom. The van der Waals surface area contributed by atoms with Gasteiger partial charge in [-0.15, -0.1) is 0 Å². The fourth-order valence-electron chi connectivity index (χ4n) is 3.48. The number of hydrogen-bond donors (Lipinski definition) is 2. The monoisotopic (exact) mass is 338 g/mol. The van der Waals surface area contributed by atoms with Crippen molar-refractivity contribution in [1.29, 1.82) is 0 Å². The minimum Gasteiger partial charge on any atom is -0.394 e. The van der Waals surface area contributed by atoms with Crippen molar-refractivity contribution >= 4 is 11.6 Å². The highest BCUT2D eigenvalue weighted by Crippen LogP contribution is 2.27. The summed E-state index contributed by atoms with van der Waals surface area (Å²) >= 11 is 0. The van der Waals surface area contributed by atoms with Crippen molar-refractivity contribution in [2.24, 2.45) is 0 Å². The first-order chi connectivity index (χ1) is 12.3. The van der Waals surface area contributed by atoms with Crippen molar-refractivity contribution in [3.05, 3.63) is 65.2 Å². The van der Waals surface area contributed by atoms with E-state index in [0.717, 1.165) is 11.3 Å². The van der Waals surface area contributed by atoms with E-state index in [1.165, 1.54) is 5.56 Å². The van der Waals surface area contributed by atoms with Gasteiger partial charge in [-0.25, -0.2) is 0 Å². The average Bonchev–Trinajstić information content (AvgIpc) is 2.63. The number of nitrogens with zero attached hydrogens (tertiary/aromatic N) is 1. The van der Waals surface area contributed by atoms with Gasteiger partial charge >= 0.3 is 0 Å². The molecule has 0 saturated carbocycles. The molecule has 25 heavy (non-hydrogen) atoms. The molecular weight excluding hydrogens is 316 g/mol. The van der Waals surface area contributed by atoms with Gasteiger partial charge in [0.1, 0.15) is 0 Å². The van der Waals surface area contributed by atoms with Gasteiger partial charge in [-0.05, 0) is 29.7 Å². The summed E-state index contributed by atoms with van der Waals surface area (Å²) in [7, 11) is 0. The van der Waals surface area contributed by atoms with Crippen LogP contribution in [0.3, 0.4) is 0 Å². The molecule has 1 saturated heterocycles. The maximum atomic E-state index is 13.2. The maximum Gasteiger partial charge on any atom is 0.256 e. The molecule has 0 unspecified atom stereocenters. The largest absolute Gasteiger partial charge is 0.394 e. The predicted molar refractivity (Wildman–Crippen MR) is 95.6 cm³/mol. The van der Waals surface area contributed by atoms with Crippen LogP contribution in [0.1, 0.15) is 21.5 Å². The predicted octanol–water partition coefficient (Wildman–Crippen LogP) is 2.06. The summed E-state index contributed by atoms with van der Waals surface area (Å²) in [5.74, 6) is -0.0445. The Kier molecular flexibility index (Phi) is 4.42. The molecule has 2 aliphatic heterocycles. The number of carbonyl (C=O) groups is 1. The number of rotatable bonds is 4. The number of aliphatic hydroxyl groups excluding tert-OH is 1. The number of ether oxygens (including phenoxy) is 1. The molecule has 2 aromatic carbocycles. The Bertz CT molecular complexity index is 773. The number of aliphatic hydroxyl groups is 1. The zero-order valence-corrected chi connectivity index (χ0v) is 14.0. The van der Waals surface area contributed by atoms with Crippen LogP contribution in [0.15, 0.2) is 48.5 Å². The fraction of sp³-hybridized carbons (Fsp3) is 0.350. The standard InChI is InChI=1S/C20H22N2O3/c23-11-17-9-14-5-1-2-6-15(14)10-22(17)20(24)18-7-3-4-8-19(18)21-16-12-25-13-16/h1-8,16-17,21,23H,9-13H2/t17-/m1/s1. The quantitative estimate of drug-likeness (QED) is 0.896. The highest BCUT2D eigenvalue weighted by atomic mass is 16.5. The summed E-state index contributed by atoms with van der Waals surface area (Å²) in [5.41, 5.74) is 3.84. The molecule has 1 amide bonds. The van der Waals surface area contributed by atoms with Crippen molar-refractivity contribution in [3.8, 4) is 0 Å². The zero-order valence-electron chi connectivity index (χ0n) is 14.0. The first-order valence-electron chi connectivity index (χ1n) is 8.68. The summed E-state index contributed by atoms with van der Waals surface area (Å²) in [6.07, 6.45) is 0.685. The third-order valence-corrected chi connectivity index (χ3v) is 4.98. The molecule has 2 aliphatic rings. The molecule has 1 fully saturated rings. The van der Waals surface area contributed by atoms with Crippen molar-refractivity contribution < 1.29 is 14.6 Å². The van der Waals surface area contributed by atoms with Crippen LogP contribution in [0.4, 0.5) is 5.69 Å². The van der Waals surface area contributed by atoms with E-state index >= 15 is 0 Å². The fourth-order valence-corrected chi connectivity index (χ4v) is 3.48. The molecule has 4 rings (SSSR count). The minimum atomic E-state index is -0.192. The minimum absolute atomic E-state index is 0.0356. The van der Waals surface area contributed by atoms with Gasteiger partial charge in [0.25, 0.3) is 5.91 Å². The normalized spacial score (nSPS) is 19.9. The van der Waals surface area contributed by atoms with E-state index in [1.54, 1.807) is 4.90 Å². The Balaban J connectivity index is 1.61. The van der Waals surface area contributed by atoms with Crippen molar-refractivity contribution in [1.82, 2.24) is 4.90 Å². The lowest BCUT2D eigenvalue weighted by molar-refractivity contribution is 0.0210. The molecule has 0 spiro atoms. The summed E-state index contributed by atoms with van der Waals surface area (Å²) in [4.78, 5) is 15.0. The first-order valence-corrected chi connectivity index (χ1v) is 8.68. The SMILES string of the molecule is O=C(c1ccccc1NC1COC1)N1Cc2ccccc2C[C@@H]1CO. The number of anilines is 1. The molecular formula is C20H22N2O3. The Morgan fingerprint density at radius 3 is 2.56 bits per heavy atom. The van der Waals surface area contributed by atoms with E-state index in [1.807, 2.05) is 36.4 Å². The van der Waals surface area contributed by atoms with Crippen LogP contribution in [0.2, 0.25) is 0 Å². The number of para-hydroxylation sites is 1. The Labute approximate surface area is 147 Å². The molecule has 2 N–H and O–H groups in total. The van der Waals surface area contributed by atoms with Crippen LogP contribution in [0, 0.1) is 0 Å². The second-order valence-corrected chi connectivity index (χ2v) is 6.67. The third kappa shape index (κ3) is 3.13. The smallest absolute Gasteiger partial charge is 0.256 e. The molecule has 5 nitrogen and oxygen atoms in total. The van der Waals surface area contributed by atoms with Gasteiger partial charge in [0.05, 0.1) is 37.5 Å². The molecule has 130 valence electrons. The molecule has 0 radical (unpaired) electrons. The second kappa shape index (κ2) is 6.86. The molecule has 0 aliphatic carbocycles. The van der Waals surface area contributed by atoms with E-state index in [2.05, 4.69) is 17.4 Å².